The first-order valence-corrected chi connectivity index (χ1v) is 7.93. The second kappa shape index (κ2) is 5.61. The Kier molecular flexibility index (Phi) is 4.07. The zero-order valence-electron chi connectivity index (χ0n) is 10.6. The van der Waals surface area contributed by atoms with Crippen LogP contribution >= 0.6 is 11.3 Å². The quantitative estimate of drug-likeness (QED) is 0.504. The molecule has 0 fully saturated rings. The first-order chi connectivity index (χ1) is 9.48. The summed E-state index contributed by atoms with van der Waals surface area (Å²) < 4.78 is 26.0. The van der Waals surface area contributed by atoms with Gasteiger partial charge in [-0.15, -0.1) is 11.3 Å². The molecular weight excluding hydrogens is 298 g/mol. The van der Waals surface area contributed by atoms with Crippen molar-refractivity contribution in [2.45, 2.75) is 4.90 Å². The molecule has 0 bridgehead atoms. The Morgan fingerprint density at radius 2 is 1.90 bits per heavy atom. The number of hydrogen-bond donors (Lipinski definition) is 2. The minimum Gasteiger partial charge on any atom is -0.289 e. The highest BCUT2D eigenvalue weighted by Crippen LogP contribution is 2.29. The number of rotatable bonds is 4. The lowest BCUT2D eigenvalue weighted by atomic mass is 10.4. The van der Waals surface area contributed by atoms with E-state index in [1.165, 1.54) is 19.2 Å². The van der Waals surface area contributed by atoms with E-state index in [1.54, 1.807) is 29.6 Å². The molecule has 106 valence electrons. The van der Waals surface area contributed by atoms with Crippen LogP contribution in [-0.4, -0.2) is 21.4 Å². The molecular formula is C12H13N3O3S2. The first-order valence-electron chi connectivity index (χ1n) is 5.61. The SMILES string of the molecule is CN(c1ccsc1C(=O)NN)S(=O)(=O)c1ccccc1. The van der Waals surface area contributed by atoms with E-state index in [0.717, 1.165) is 15.6 Å². The third kappa shape index (κ3) is 2.53. The molecule has 0 aliphatic rings. The third-order valence-corrected chi connectivity index (χ3v) is 5.41. The van der Waals surface area contributed by atoms with Crippen LogP contribution in [0.1, 0.15) is 9.67 Å². The molecule has 2 rings (SSSR count). The maximum atomic E-state index is 12.5. The molecule has 1 heterocycles. The molecule has 8 heteroatoms. The van der Waals surface area contributed by atoms with Gasteiger partial charge in [-0.25, -0.2) is 14.3 Å². The maximum absolute atomic E-state index is 12.5. The van der Waals surface area contributed by atoms with Crippen LogP contribution in [0.4, 0.5) is 5.69 Å². The van der Waals surface area contributed by atoms with Crippen molar-refractivity contribution in [2.24, 2.45) is 5.84 Å². The summed E-state index contributed by atoms with van der Waals surface area (Å²) in [7, 11) is -2.31. The van der Waals surface area contributed by atoms with Gasteiger partial charge in [-0.1, -0.05) is 18.2 Å². The molecule has 1 aromatic heterocycles. The van der Waals surface area contributed by atoms with Crippen molar-refractivity contribution in [3.8, 4) is 0 Å². The zero-order chi connectivity index (χ0) is 14.8. The largest absolute Gasteiger partial charge is 0.289 e. The molecule has 0 saturated heterocycles. The number of sulfonamides is 1. The van der Waals surface area contributed by atoms with Gasteiger partial charge < -0.3 is 0 Å². The molecule has 0 spiro atoms. The lowest BCUT2D eigenvalue weighted by Gasteiger charge is -2.19. The number of carbonyl (C=O) groups excluding carboxylic acids is 1. The molecule has 0 atom stereocenters. The zero-order valence-corrected chi connectivity index (χ0v) is 12.2. The van der Waals surface area contributed by atoms with Crippen LogP contribution in [0.2, 0.25) is 0 Å². The highest BCUT2D eigenvalue weighted by atomic mass is 32.2. The summed E-state index contributed by atoms with van der Waals surface area (Å²) >= 11 is 1.12. The number of benzene rings is 1. The summed E-state index contributed by atoms with van der Waals surface area (Å²) in [5.74, 6) is 4.57. The van der Waals surface area contributed by atoms with Gasteiger partial charge in [-0.3, -0.25) is 14.5 Å². The monoisotopic (exact) mass is 311 g/mol. The normalized spacial score (nSPS) is 11.1. The number of thiophene rings is 1. The van der Waals surface area contributed by atoms with Crippen LogP contribution in [0, 0.1) is 0 Å². The fourth-order valence-electron chi connectivity index (χ4n) is 1.67. The Bertz CT molecular complexity index is 711. The molecule has 0 unspecified atom stereocenters. The second-order valence-corrected chi connectivity index (χ2v) is 6.78. The van der Waals surface area contributed by atoms with Gasteiger partial charge in [-0.05, 0) is 23.6 Å². The molecule has 20 heavy (non-hydrogen) atoms. The molecule has 1 aromatic carbocycles. The lowest BCUT2D eigenvalue weighted by Crippen LogP contribution is -2.32. The van der Waals surface area contributed by atoms with Crippen LogP contribution in [0.25, 0.3) is 0 Å². The smallest absolute Gasteiger partial charge is 0.277 e. The molecule has 0 radical (unpaired) electrons. The van der Waals surface area contributed by atoms with E-state index in [9.17, 15) is 13.2 Å². The Morgan fingerprint density at radius 1 is 1.25 bits per heavy atom. The number of nitrogens with zero attached hydrogens (tertiary/aromatic N) is 1. The van der Waals surface area contributed by atoms with Crippen molar-refractivity contribution in [3.63, 3.8) is 0 Å². The molecule has 0 aliphatic heterocycles. The summed E-state index contributed by atoms with van der Waals surface area (Å²) in [4.78, 5) is 12.0. The molecule has 0 aliphatic carbocycles. The van der Waals surface area contributed by atoms with Gasteiger partial charge >= 0.3 is 0 Å². The second-order valence-electron chi connectivity index (χ2n) is 3.89. The van der Waals surface area contributed by atoms with E-state index < -0.39 is 15.9 Å². The summed E-state index contributed by atoms with van der Waals surface area (Å²) in [5.41, 5.74) is 2.30. The number of amides is 1. The van der Waals surface area contributed by atoms with E-state index in [2.05, 4.69) is 0 Å². The van der Waals surface area contributed by atoms with Gasteiger partial charge in [0, 0.05) is 7.05 Å². The average molecular weight is 311 g/mol. The van der Waals surface area contributed by atoms with Crippen molar-refractivity contribution in [1.82, 2.24) is 5.43 Å². The van der Waals surface area contributed by atoms with Gasteiger partial charge in [0.2, 0.25) is 0 Å². The number of anilines is 1. The van der Waals surface area contributed by atoms with Gasteiger partial charge in [0.05, 0.1) is 10.6 Å². The number of hydrogen-bond acceptors (Lipinski definition) is 5. The predicted octanol–water partition coefficient (Wildman–Crippen LogP) is 1.18. The Hall–Kier alpha value is -1.90. The summed E-state index contributed by atoms with van der Waals surface area (Å²) in [6.07, 6.45) is 0. The Balaban J connectivity index is 2.44. The van der Waals surface area contributed by atoms with Gasteiger partial charge in [0.15, 0.2) is 0 Å². The van der Waals surface area contributed by atoms with Crippen molar-refractivity contribution < 1.29 is 13.2 Å². The average Bonchev–Trinajstić information content (AvgIpc) is 2.95. The maximum Gasteiger partial charge on any atom is 0.277 e. The van der Waals surface area contributed by atoms with Crippen LogP contribution in [0.3, 0.4) is 0 Å². The van der Waals surface area contributed by atoms with Crippen LogP contribution in [-0.2, 0) is 10.0 Å². The molecule has 3 N–H and O–H groups in total. The van der Waals surface area contributed by atoms with Crippen LogP contribution in [0.15, 0.2) is 46.7 Å². The van der Waals surface area contributed by atoms with Gasteiger partial charge in [-0.2, -0.15) is 0 Å². The number of nitrogens with one attached hydrogen (secondary N) is 1. The molecule has 6 nitrogen and oxygen atoms in total. The van der Waals surface area contributed by atoms with E-state index in [-0.39, 0.29) is 9.77 Å². The highest BCUT2D eigenvalue weighted by molar-refractivity contribution is 7.92. The van der Waals surface area contributed by atoms with E-state index >= 15 is 0 Å². The summed E-state index contributed by atoms with van der Waals surface area (Å²) in [6.45, 7) is 0. The topological polar surface area (TPSA) is 92.5 Å². The van der Waals surface area contributed by atoms with E-state index in [1.807, 2.05) is 5.43 Å². The minimum absolute atomic E-state index is 0.160. The number of hydrazine groups is 1. The standard InChI is InChI=1S/C12H13N3O3S2/c1-15(10-7-8-19-11(10)12(16)14-13)20(17,18)9-5-3-2-4-6-9/h2-8H,13H2,1H3,(H,14,16). The number of nitrogen functional groups attached to an aromatic ring is 1. The summed E-state index contributed by atoms with van der Waals surface area (Å²) in [6, 6.07) is 9.58. The highest BCUT2D eigenvalue weighted by Gasteiger charge is 2.25. The molecule has 1 amide bonds. The van der Waals surface area contributed by atoms with E-state index in [4.69, 9.17) is 5.84 Å². The van der Waals surface area contributed by atoms with Crippen molar-refractivity contribution in [2.75, 3.05) is 11.4 Å². The molecule has 0 saturated carbocycles. The lowest BCUT2D eigenvalue weighted by molar-refractivity contribution is 0.0958. The Morgan fingerprint density at radius 3 is 2.50 bits per heavy atom. The fraction of sp³-hybridized carbons (Fsp3) is 0.0833. The van der Waals surface area contributed by atoms with Gasteiger partial charge in [0.25, 0.3) is 15.9 Å². The fourth-order valence-corrected chi connectivity index (χ4v) is 3.78. The minimum atomic E-state index is -3.71. The number of nitrogens with two attached hydrogens (primary N) is 1. The summed E-state index contributed by atoms with van der Waals surface area (Å²) in [5, 5.41) is 1.64. The predicted molar refractivity (Wildman–Crippen MR) is 78.0 cm³/mol. The van der Waals surface area contributed by atoms with Gasteiger partial charge in [0.1, 0.15) is 4.88 Å². The van der Waals surface area contributed by atoms with Crippen LogP contribution < -0.4 is 15.6 Å². The van der Waals surface area contributed by atoms with Crippen molar-refractivity contribution in [1.29, 1.82) is 0 Å². The molecule has 2 aromatic rings. The van der Waals surface area contributed by atoms with Crippen molar-refractivity contribution >= 4 is 33.0 Å². The van der Waals surface area contributed by atoms with E-state index in [0.29, 0.717) is 5.69 Å². The number of carbonyl (C=O) groups is 1. The third-order valence-electron chi connectivity index (χ3n) is 2.72. The van der Waals surface area contributed by atoms with Crippen LogP contribution in [0.5, 0.6) is 0 Å². The van der Waals surface area contributed by atoms with Crippen molar-refractivity contribution in [3.05, 3.63) is 46.7 Å². The first kappa shape index (κ1) is 14.5. The Labute approximate surface area is 120 Å².